The van der Waals surface area contributed by atoms with Crippen LogP contribution in [0.3, 0.4) is 0 Å². The highest BCUT2D eigenvalue weighted by molar-refractivity contribution is 7.89. The van der Waals surface area contributed by atoms with E-state index in [4.69, 9.17) is 4.74 Å². The van der Waals surface area contributed by atoms with Gasteiger partial charge in [0.1, 0.15) is 11.6 Å². The van der Waals surface area contributed by atoms with E-state index in [1.165, 1.54) is 6.07 Å². The van der Waals surface area contributed by atoms with Gasteiger partial charge in [-0.1, -0.05) is 18.2 Å². The summed E-state index contributed by atoms with van der Waals surface area (Å²) < 4.78 is 44.0. The second kappa shape index (κ2) is 7.78. The van der Waals surface area contributed by atoms with Crippen molar-refractivity contribution < 1.29 is 17.5 Å². The minimum atomic E-state index is -3.53. The third-order valence-electron chi connectivity index (χ3n) is 3.00. The lowest BCUT2D eigenvalue weighted by molar-refractivity contribution is 0.415. The number of sulfonamides is 1. The molecule has 0 spiro atoms. The number of aliphatic imine (C=N–C) groups is 1. The highest BCUT2D eigenvalue weighted by atomic mass is 32.2. The number of nitrogens with zero attached hydrogens (tertiary/aromatic N) is 1. The number of rotatable bonds is 5. The third kappa shape index (κ3) is 5.54. The topological polar surface area (TPSA) is 79.8 Å². The minimum absolute atomic E-state index is 0.00548. The van der Waals surface area contributed by atoms with Crippen LogP contribution in [0.4, 0.5) is 10.1 Å². The van der Waals surface area contributed by atoms with Crippen molar-refractivity contribution in [2.45, 2.75) is 6.54 Å². The van der Waals surface area contributed by atoms with Gasteiger partial charge in [0.05, 0.1) is 19.9 Å². The Morgan fingerprint density at radius 3 is 2.42 bits per heavy atom. The zero-order valence-electron chi connectivity index (χ0n) is 13.3. The Bertz CT molecular complexity index is 821. The second-order valence-electron chi connectivity index (χ2n) is 4.98. The molecule has 0 heterocycles. The lowest BCUT2D eigenvalue weighted by Crippen LogP contribution is -2.35. The van der Waals surface area contributed by atoms with Crippen LogP contribution in [0.15, 0.2) is 53.5 Å². The maximum atomic E-state index is 13.6. The Kier molecular flexibility index (Phi) is 5.75. The third-order valence-corrected chi connectivity index (χ3v) is 3.56. The number of anilines is 1. The normalized spacial score (nSPS) is 11.9. The fourth-order valence-electron chi connectivity index (χ4n) is 1.87. The van der Waals surface area contributed by atoms with Crippen LogP contribution < -0.4 is 14.8 Å². The van der Waals surface area contributed by atoms with Crippen LogP contribution >= 0.6 is 0 Å². The van der Waals surface area contributed by atoms with Crippen molar-refractivity contribution in [1.29, 1.82) is 0 Å². The lowest BCUT2D eigenvalue weighted by Gasteiger charge is -2.12. The van der Waals surface area contributed by atoms with Crippen LogP contribution in [0.5, 0.6) is 5.75 Å². The smallest absolute Gasteiger partial charge is 0.232 e. The number of benzene rings is 2. The summed E-state index contributed by atoms with van der Waals surface area (Å²) in [7, 11) is -1.98. The van der Waals surface area contributed by atoms with Gasteiger partial charge in [0.25, 0.3) is 0 Å². The van der Waals surface area contributed by atoms with Crippen LogP contribution in [-0.4, -0.2) is 27.7 Å². The predicted octanol–water partition coefficient (Wildman–Crippen LogP) is 2.35. The largest absolute Gasteiger partial charge is 0.497 e. The quantitative estimate of drug-likeness (QED) is 0.640. The standard InChI is InChI=1S/C16H18FN3O3S/c1-23-14-9-7-13(8-10-14)19-16(20-24(2,21)22)18-11-12-5-3-4-6-15(12)17/h3-10H,11H2,1-2H3,(H2,18,19,20). The van der Waals surface area contributed by atoms with Gasteiger partial charge < -0.3 is 10.1 Å². The highest BCUT2D eigenvalue weighted by Gasteiger charge is 2.08. The number of guanidine groups is 1. The molecule has 0 saturated carbocycles. The van der Waals surface area contributed by atoms with E-state index >= 15 is 0 Å². The van der Waals surface area contributed by atoms with Crippen molar-refractivity contribution >= 4 is 21.7 Å². The second-order valence-corrected chi connectivity index (χ2v) is 6.73. The first kappa shape index (κ1) is 17.7. The molecule has 0 aliphatic heterocycles. The van der Waals surface area contributed by atoms with Gasteiger partial charge in [-0.3, -0.25) is 4.72 Å². The molecule has 2 N–H and O–H groups in total. The molecule has 0 saturated heterocycles. The van der Waals surface area contributed by atoms with Gasteiger partial charge in [-0.2, -0.15) is 0 Å². The van der Waals surface area contributed by atoms with E-state index in [9.17, 15) is 12.8 Å². The highest BCUT2D eigenvalue weighted by Crippen LogP contribution is 2.15. The van der Waals surface area contributed by atoms with Crippen LogP contribution in [0.25, 0.3) is 0 Å². The summed E-state index contributed by atoms with van der Waals surface area (Å²) in [5.41, 5.74) is 0.973. The fraction of sp³-hybridized carbons (Fsp3) is 0.188. The molecular weight excluding hydrogens is 333 g/mol. The van der Waals surface area contributed by atoms with E-state index in [0.717, 1.165) is 6.26 Å². The molecule has 128 valence electrons. The Balaban J connectivity index is 2.20. The summed E-state index contributed by atoms with van der Waals surface area (Å²) in [4.78, 5) is 4.12. The summed E-state index contributed by atoms with van der Waals surface area (Å²) in [6.07, 6.45) is 1.02. The molecule has 0 unspecified atom stereocenters. The van der Waals surface area contributed by atoms with Gasteiger partial charge in [0.15, 0.2) is 0 Å². The van der Waals surface area contributed by atoms with Crippen LogP contribution in [0.2, 0.25) is 0 Å². The van der Waals surface area contributed by atoms with Crippen molar-refractivity contribution in [1.82, 2.24) is 4.72 Å². The first-order valence-corrected chi connectivity index (χ1v) is 8.93. The number of methoxy groups -OCH3 is 1. The monoisotopic (exact) mass is 351 g/mol. The van der Waals surface area contributed by atoms with Crippen molar-refractivity contribution in [3.8, 4) is 5.75 Å². The van der Waals surface area contributed by atoms with Crippen LogP contribution in [0, 0.1) is 5.82 Å². The van der Waals surface area contributed by atoms with Gasteiger partial charge in [0, 0.05) is 11.3 Å². The molecule has 2 rings (SSSR count). The number of ether oxygens (including phenoxy) is 1. The average molecular weight is 351 g/mol. The molecule has 2 aromatic carbocycles. The van der Waals surface area contributed by atoms with E-state index in [1.54, 1.807) is 49.6 Å². The molecule has 0 bridgehead atoms. The Labute approximate surface area is 140 Å². The molecular formula is C16H18FN3O3S. The van der Waals surface area contributed by atoms with Crippen LogP contribution in [0.1, 0.15) is 5.56 Å². The minimum Gasteiger partial charge on any atom is -0.497 e. The molecule has 0 fully saturated rings. The Morgan fingerprint density at radius 2 is 1.83 bits per heavy atom. The number of hydrogen-bond acceptors (Lipinski definition) is 4. The molecule has 0 amide bonds. The predicted molar refractivity (Wildman–Crippen MR) is 92.1 cm³/mol. The molecule has 2 aromatic rings. The van der Waals surface area contributed by atoms with E-state index in [-0.39, 0.29) is 12.5 Å². The van der Waals surface area contributed by atoms with Gasteiger partial charge in [-0.05, 0) is 30.3 Å². The first-order chi connectivity index (χ1) is 11.4. The van der Waals surface area contributed by atoms with E-state index in [2.05, 4.69) is 15.0 Å². The molecule has 0 aliphatic carbocycles. The van der Waals surface area contributed by atoms with Crippen molar-refractivity contribution in [3.05, 3.63) is 59.9 Å². The first-order valence-electron chi connectivity index (χ1n) is 7.04. The van der Waals surface area contributed by atoms with E-state index < -0.39 is 15.8 Å². The van der Waals surface area contributed by atoms with Gasteiger partial charge in [-0.25, -0.2) is 17.8 Å². The molecule has 24 heavy (non-hydrogen) atoms. The van der Waals surface area contributed by atoms with Gasteiger partial charge in [0.2, 0.25) is 16.0 Å². The summed E-state index contributed by atoms with van der Waals surface area (Å²) in [6.45, 7) is -0.00627. The fourth-order valence-corrected chi connectivity index (χ4v) is 2.34. The van der Waals surface area contributed by atoms with Gasteiger partial charge >= 0.3 is 0 Å². The van der Waals surface area contributed by atoms with E-state index in [0.29, 0.717) is 17.0 Å². The maximum Gasteiger partial charge on any atom is 0.232 e. The number of nitrogens with one attached hydrogen (secondary N) is 2. The number of hydrogen-bond donors (Lipinski definition) is 2. The van der Waals surface area contributed by atoms with Crippen molar-refractivity contribution in [2.75, 3.05) is 18.7 Å². The summed E-state index contributed by atoms with van der Waals surface area (Å²) >= 11 is 0. The molecule has 0 aliphatic rings. The Morgan fingerprint density at radius 1 is 1.17 bits per heavy atom. The zero-order chi connectivity index (χ0) is 17.6. The molecule has 0 atom stereocenters. The number of halogens is 1. The summed E-state index contributed by atoms with van der Waals surface area (Å²) in [5.74, 6) is 0.275. The maximum absolute atomic E-state index is 13.6. The van der Waals surface area contributed by atoms with Crippen LogP contribution in [-0.2, 0) is 16.6 Å². The molecule has 0 aromatic heterocycles. The van der Waals surface area contributed by atoms with Crippen molar-refractivity contribution in [2.24, 2.45) is 4.99 Å². The summed E-state index contributed by atoms with van der Waals surface area (Å²) in [6, 6.07) is 13.0. The molecule has 0 radical (unpaired) electrons. The zero-order valence-corrected chi connectivity index (χ0v) is 14.1. The van der Waals surface area contributed by atoms with Gasteiger partial charge in [-0.15, -0.1) is 0 Å². The molecule has 8 heteroatoms. The van der Waals surface area contributed by atoms with E-state index in [1.807, 2.05) is 0 Å². The SMILES string of the molecule is COc1ccc(NC(=NCc2ccccc2F)NS(C)(=O)=O)cc1. The lowest BCUT2D eigenvalue weighted by atomic mass is 10.2. The van der Waals surface area contributed by atoms with Crippen molar-refractivity contribution in [3.63, 3.8) is 0 Å². The molecule has 6 nitrogen and oxygen atoms in total. The average Bonchev–Trinajstić information content (AvgIpc) is 2.53. The Hall–Kier alpha value is -2.61. The summed E-state index contributed by atoms with van der Waals surface area (Å²) in [5, 5.41) is 2.86.